The van der Waals surface area contributed by atoms with E-state index in [9.17, 15) is 10.2 Å². The van der Waals surface area contributed by atoms with Crippen LogP contribution < -0.4 is 4.74 Å². The van der Waals surface area contributed by atoms with Gasteiger partial charge in [-0.1, -0.05) is 12.1 Å². The lowest BCUT2D eigenvalue weighted by Crippen LogP contribution is -2.59. The van der Waals surface area contributed by atoms with Crippen LogP contribution in [0.25, 0.3) is 22.4 Å². The highest BCUT2D eigenvalue weighted by Gasteiger charge is 2.59. The molecule has 0 amide bonds. The summed E-state index contributed by atoms with van der Waals surface area (Å²) in [6.07, 6.45) is 3.59. The van der Waals surface area contributed by atoms with Gasteiger partial charge in [0.15, 0.2) is 11.5 Å². The Labute approximate surface area is 145 Å². The van der Waals surface area contributed by atoms with Gasteiger partial charge < -0.3 is 19.5 Å². The molecule has 128 valence electrons. The second kappa shape index (κ2) is 4.69. The van der Waals surface area contributed by atoms with Crippen molar-refractivity contribution in [1.82, 2.24) is 9.55 Å². The van der Waals surface area contributed by atoms with Gasteiger partial charge in [0.25, 0.3) is 0 Å². The number of phenolic OH excluding ortho intramolecular Hbond substituents is 2. The zero-order valence-corrected chi connectivity index (χ0v) is 14.3. The number of aromatic nitrogens is 2. The molecule has 3 aromatic rings. The molecule has 2 bridgehead atoms. The maximum absolute atomic E-state index is 10.3. The van der Waals surface area contributed by atoms with Crippen LogP contribution in [0.4, 0.5) is 0 Å². The number of hydrogen-bond acceptors (Lipinski definition) is 4. The Morgan fingerprint density at radius 2 is 1.88 bits per heavy atom. The van der Waals surface area contributed by atoms with E-state index in [-0.39, 0.29) is 22.8 Å². The third-order valence-corrected chi connectivity index (χ3v) is 5.99. The minimum absolute atomic E-state index is 0.148. The molecule has 0 spiro atoms. The van der Waals surface area contributed by atoms with E-state index in [1.165, 1.54) is 26.4 Å². The first kappa shape index (κ1) is 14.6. The summed E-state index contributed by atoms with van der Waals surface area (Å²) >= 11 is 0. The molecule has 0 atom stereocenters. The molecule has 5 nitrogen and oxygen atoms in total. The minimum Gasteiger partial charge on any atom is -0.504 e. The van der Waals surface area contributed by atoms with Crippen molar-refractivity contribution in [3.8, 4) is 28.6 Å². The van der Waals surface area contributed by atoms with Crippen LogP contribution in [-0.2, 0) is 5.54 Å². The van der Waals surface area contributed by atoms with Crippen LogP contribution >= 0.6 is 0 Å². The van der Waals surface area contributed by atoms with Crippen LogP contribution in [0.2, 0.25) is 0 Å². The van der Waals surface area contributed by atoms with E-state index in [0.717, 1.165) is 28.3 Å². The van der Waals surface area contributed by atoms with Gasteiger partial charge >= 0.3 is 0 Å². The van der Waals surface area contributed by atoms with E-state index in [1.54, 1.807) is 13.0 Å². The Balaban J connectivity index is 1.82. The lowest BCUT2D eigenvalue weighted by molar-refractivity contribution is -0.0846. The van der Waals surface area contributed by atoms with Crippen molar-refractivity contribution in [2.75, 3.05) is 7.11 Å². The van der Waals surface area contributed by atoms with Gasteiger partial charge in [-0.3, -0.25) is 0 Å². The number of para-hydroxylation sites is 2. The number of imidazole rings is 1. The summed E-state index contributed by atoms with van der Waals surface area (Å²) in [6.45, 7) is 1.80. The molecule has 0 saturated heterocycles. The molecule has 0 unspecified atom stereocenters. The molecule has 3 aliphatic carbocycles. The summed E-state index contributed by atoms with van der Waals surface area (Å²) in [5.41, 5.74) is 3.65. The Morgan fingerprint density at radius 1 is 1.16 bits per heavy atom. The first-order valence-corrected chi connectivity index (χ1v) is 8.62. The quantitative estimate of drug-likeness (QED) is 0.711. The molecule has 3 saturated carbocycles. The molecule has 1 aromatic heterocycles. The van der Waals surface area contributed by atoms with Crippen molar-refractivity contribution in [3.63, 3.8) is 0 Å². The maximum Gasteiger partial charge on any atom is 0.200 e. The number of methoxy groups -OCH3 is 1. The van der Waals surface area contributed by atoms with E-state index in [4.69, 9.17) is 9.72 Å². The lowest BCUT2D eigenvalue weighted by atomic mass is 9.49. The number of fused-ring (bicyclic) bond motifs is 1. The monoisotopic (exact) mass is 336 g/mol. The average molecular weight is 336 g/mol. The highest BCUT2D eigenvalue weighted by Crippen LogP contribution is 2.64. The van der Waals surface area contributed by atoms with Crippen LogP contribution in [0.5, 0.6) is 17.2 Å². The zero-order valence-electron chi connectivity index (χ0n) is 14.3. The van der Waals surface area contributed by atoms with Crippen LogP contribution in [-0.4, -0.2) is 26.9 Å². The number of ether oxygens (including phenoxy) is 1. The molecule has 6 rings (SSSR count). The number of phenols is 2. The summed E-state index contributed by atoms with van der Waals surface area (Å²) in [7, 11) is 1.48. The SMILES string of the molecule is COc1cc(-c2nc3ccccc3n2C23CC(C2)C3)c(C)c(O)c1O. The van der Waals surface area contributed by atoms with Gasteiger partial charge in [-0.15, -0.1) is 0 Å². The van der Waals surface area contributed by atoms with Crippen molar-refractivity contribution in [2.45, 2.75) is 31.7 Å². The van der Waals surface area contributed by atoms with Crippen molar-refractivity contribution in [1.29, 1.82) is 0 Å². The summed E-state index contributed by atoms with van der Waals surface area (Å²) < 4.78 is 7.59. The topological polar surface area (TPSA) is 67.5 Å². The molecule has 25 heavy (non-hydrogen) atoms. The van der Waals surface area contributed by atoms with E-state index in [0.29, 0.717) is 5.56 Å². The van der Waals surface area contributed by atoms with Crippen molar-refractivity contribution < 1.29 is 14.9 Å². The smallest absolute Gasteiger partial charge is 0.200 e. The first-order valence-electron chi connectivity index (χ1n) is 8.62. The molecule has 1 heterocycles. The third-order valence-electron chi connectivity index (χ3n) is 5.99. The molecule has 5 heteroatoms. The highest BCUT2D eigenvalue weighted by molar-refractivity contribution is 5.83. The number of nitrogens with zero attached hydrogens (tertiary/aromatic N) is 2. The number of aromatic hydroxyl groups is 2. The van der Waals surface area contributed by atoms with E-state index in [1.807, 2.05) is 18.2 Å². The van der Waals surface area contributed by atoms with Gasteiger partial charge in [0.1, 0.15) is 5.82 Å². The number of hydrogen-bond donors (Lipinski definition) is 2. The summed E-state index contributed by atoms with van der Waals surface area (Å²) in [5, 5.41) is 20.4. The summed E-state index contributed by atoms with van der Waals surface area (Å²) in [5.74, 6) is 1.57. The fourth-order valence-electron chi connectivity index (χ4n) is 4.51. The van der Waals surface area contributed by atoms with Gasteiger partial charge in [-0.05, 0) is 50.3 Å². The second-order valence-electron chi connectivity index (χ2n) is 7.41. The Bertz CT molecular complexity index is 1000. The average Bonchev–Trinajstić information content (AvgIpc) is 2.90. The molecule has 0 aliphatic heterocycles. The molecule has 2 aromatic carbocycles. The van der Waals surface area contributed by atoms with Crippen molar-refractivity contribution in [2.24, 2.45) is 5.92 Å². The predicted octanol–water partition coefficient (Wildman–Crippen LogP) is 3.94. The van der Waals surface area contributed by atoms with Crippen LogP contribution in [0, 0.1) is 12.8 Å². The Hall–Kier alpha value is -2.69. The summed E-state index contributed by atoms with van der Waals surface area (Å²) in [4.78, 5) is 4.88. The van der Waals surface area contributed by atoms with Crippen molar-refractivity contribution in [3.05, 3.63) is 35.9 Å². The summed E-state index contributed by atoms with van der Waals surface area (Å²) in [6, 6.07) is 9.94. The van der Waals surface area contributed by atoms with Crippen LogP contribution in [0.15, 0.2) is 30.3 Å². The van der Waals surface area contributed by atoms with Gasteiger partial charge in [0.2, 0.25) is 5.75 Å². The molecular weight excluding hydrogens is 316 g/mol. The van der Waals surface area contributed by atoms with E-state index >= 15 is 0 Å². The Kier molecular flexibility index (Phi) is 2.74. The van der Waals surface area contributed by atoms with Gasteiger partial charge in [-0.25, -0.2) is 4.98 Å². The maximum atomic E-state index is 10.3. The van der Waals surface area contributed by atoms with Crippen LogP contribution in [0.1, 0.15) is 24.8 Å². The first-order chi connectivity index (χ1) is 12.0. The molecule has 3 fully saturated rings. The third kappa shape index (κ3) is 1.75. The fraction of sp³-hybridized carbons (Fsp3) is 0.350. The highest BCUT2D eigenvalue weighted by atomic mass is 16.5. The number of benzene rings is 2. The fourth-order valence-corrected chi connectivity index (χ4v) is 4.51. The van der Waals surface area contributed by atoms with E-state index in [2.05, 4.69) is 10.6 Å². The molecule has 3 aliphatic rings. The van der Waals surface area contributed by atoms with E-state index < -0.39 is 0 Å². The molecule has 0 radical (unpaired) electrons. The van der Waals surface area contributed by atoms with Gasteiger partial charge in [-0.2, -0.15) is 0 Å². The molecule has 2 N–H and O–H groups in total. The zero-order chi connectivity index (χ0) is 17.3. The predicted molar refractivity (Wildman–Crippen MR) is 95.1 cm³/mol. The Morgan fingerprint density at radius 3 is 2.52 bits per heavy atom. The number of rotatable bonds is 3. The second-order valence-corrected chi connectivity index (χ2v) is 7.41. The van der Waals surface area contributed by atoms with Gasteiger partial charge in [0.05, 0.1) is 18.1 Å². The lowest BCUT2D eigenvalue weighted by Gasteiger charge is -2.62. The normalized spacial score (nSPS) is 24.0. The minimum atomic E-state index is -0.225. The largest absolute Gasteiger partial charge is 0.504 e. The molecular formula is C20H20N2O3. The van der Waals surface area contributed by atoms with Crippen LogP contribution in [0.3, 0.4) is 0 Å². The van der Waals surface area contributed by atoms with Gasteiger partial charge in [0, 0.05) is 16.7 Å². The van der Waals surface area contributed by atoms with Crippen molar-refractivity contribution >= 4 is 11.0 Å². The standard InChI is InChI=1S/C20H20N2O3/c1-11-13(7-16(25-2)18(24)17(11)23)19-21-14-5-3-4-6-15(14)22(19)20-8-12(9-20)10-20/h3-7,12,23-24H,8-10H2,1-2H3.